The second-order valence-corrected chi connectivity index (χ2v) is 8.13. The van der Waals surface area contributed by atoms with Gasteiger partial charge in [-0.05, 0) is 47.9 Å². The average Bonchev–Trinajstić information content (AvgIpc) is 2.72. The van der Waals surface area contributed by atoms with Gasteiger partial charge in [-0.1, -0.05) is 42.0 Å². The van der Waals surface area contributed by atoms with E-state index in [1.165, 1.54) is 35.5 Å². The van der Waals surface area contributed by atoms with Gasteiger partial charge >= 0.3 is 29.6 Å². The molecule has 5 rings (SSSR count). The summed E-state index contributed by atoms with van der Waals surface area (Å²) in [5, 5.41) is 12.2. The molecule has 0 bridgehead atoms. The van der Waals surface area contributed by atoms with Gasteiger partial charge in [-0.15, -0.1) is 11.8 Å². The molecule has 0 amide bonds. The average molecular weight is 423 g/mol. The number of benzene rings is 3. The van der Waals surface area contributed by atoms with Gasteiger partial charge in [0.05, 0.1) is 17.2 Å². The van der Waals surface area contributed by atoms with Gasteiger partial charge in [-0.25, -0.2) is 9.37 Å². The molecule has 30 heavy (non-hydrogen) atoms. The Morgan fingerprint density at radius 3 is 2.50 bits per heavy atom. The normalized spacial score (nSPS) is 12.1. The molecule has 1 aliphatic heterocycles. The summed E-state index contributed by atoms with van der Waals surface area (Å²) < 4.78 is 13.7. The number of pyridine rings is 1. The van der Waals surface area contributed by atoms with Gasteiger partial charge in [0, 0.05) is 27.2 Å². The first-order valence-corrected chi connectivity index (χ1v) is 10.2. The van der Waals surface area contributed by atoms with E-state index in [9.17, 15) is 14.3 Å². The molecule has 0 radical (unpaired) electrons. The number of rotatable bonds is 2. The maximum Gasteiger partial charge on any atom is 1.00 e. The van der Waals surface area contributed by atoms with E-state index in [1.807, 2.05) is 12.1 Å². The number of hydrogen-bond acceptors (Lipinski definition) is 4. The summed E-state index contributed by atoms with van der Waals surface area (Å²) in [5.74, 6) is -1.19. The topological polar surface area (TPSA) is 53.0 Å². The number of carbonyl (C=O) groups excluding carboxylic acids is 1. The van der Waals surface area contributed by atoms with E-state index >= 15 is 0 Å². The van der Waals surface area contributed by atoms with E-state index in [0.717, 1.165) is 22.3 Å². The predicted octanol–water partition coefficient (Wildman–Crippen LogP) is 1.99. The molecular weight excluding hydrogens is 408 g/mol. The zero-order valence-corrected chi connectivity index (χ0v) is 19.3. The standard InChI is InChI=1S/C24H16FNO2S.Na/c1-13-2-4-14(5-3-13)15-6-8-18-16(10-15)12-29-23-21(24(27)28)19-11-17(25)7-9-20(19)26-22(18)23;/h2-11H,12H2,1H3,(H,27,28);/q;+1/p-1. The molecule has 0 spiro atoms. The van der Waals surface area contributed by atoms with Gasteiger partial charge in [-0.2, -0.15) is 0 Å². The van der Waals surface area contributed by atoms with Gasteiger partial charge in [0.2, 0.25) is 0 Å². The molecule has 0 saturated heterocycles. The molecule has 6 heteroatoms. The summed E-state index contributed by atoms with van der Waals surface area (Å²) >= 11 is 1.41. The van der Waals surface area contributed by atoms with Crippen molar-refractivity contribution in [2.45, 2.75) is 17.6 Å². The van der Waals surface area contributed by atoms with Gasteiger partial charge in [0.1, 0.15) is 5.82 Å². The number of halogens is 1. The molecule has 0 N–H and O–H groups in total. The summed E-state index contributed by atoms with van der Waals surface area (Å²) in [6.45, 7) is 2.06. The Bertz CT molecular complexity index is 1310. The molecule has 0 atom stereocenters. The zero-order chi connectivity index (χ0) is 20.1. The van der Waals surface area contributed by atoms with Crippen LogP contribution in [0, 0.1) is 12.7 Å². The van der Waals surface area contributed by atoms with Crippen LogP contribution in [0.4, 0.5) is 4.39 Å². The third-order valence-electron chi connectivity index (χ3n) is 5.22. The molecule has 0 aliphatic carbocycles. The molecule has 142 valence electrons. The Labute approximate surface area is 199 Å². The summed E-state index contributed by atoms with van der Waals surface area (Å²) in [6, 6.07) is 18.5. The molecule has 2 heterocycles. The largest absolute Gasteiger partial charge is 1.00 e. The minimum atomic E-state index is -1.31. The van der Waals surface area contributed by atoms with Gasteiger partial charge in [-0.3, -0.25) is 0 Å². The van der Waals surface area contributed by atoms with Crippen LogP contribution in [0.5, 0.6) is 0 Å². The fourth-order valence-corrected chi connectivity index (χ4v) is 4.93. The third kappa shape index (κ3) is 3.56. The number of hydrogen-bond donors (Lipinski definition) is 0. The van der Waals surface area contributed by atoms with Crippen LogP contribution in [0.2, 0.25) is 0 Å². The molecule has 0 saturated carbocycles. The summed E-state index contributed by atoms with van der Waals surface area (Å²) in [6.07, 6.45) is 0. The Morgan fingerprint density at radius 2 is 1.77 bits per heavy atom. The van der Waals surface area contributed by atoms with Crippen molar-refractivity contribution in [3.63, 3.8) is 0 Å². The number of aromatic nitrogens is 1. The molecule has 4 aromatic rings. The molecule has 0 fully saturated rings. The number of carbonyl (C=O) groups is 1. The maximum absolute atomic E-state index is 13.7. The third-order valence-corrected chi connectivity index (χ3v) is 6.37. The zero-order valence-electron chi connectivity index (χ0n) is 16.5. The summed E-state index contributed by atoms with van der Waals surface area (Å²) in [7, 11) is 0. The quantitative estimate of drug-likeness (QED) is 0.463. The van der Waals surface area contributed by atoms with Crippen LogP contribution >= 0.6 is 11.8 Å². The predicted molar refractivity (Wildman–Crippen MR) is 111 cm³/mol. The SMILES string of the molecule is Cc1ccc(-c2ccc3c(c2)CSc2c-3nc3ccc(F)cc3c2C(=O)[O-])cc1.[Na+]. The van der Waals surface area contributed by atoms with E-state index in [0.29, 0.717) is 21.9 Å². The van der Waals surface area contributed by atoms with Crippen LogP contribution in [0.1, 0.15) is 21.5 Å². The van der Waals surface area contributed by atoms with Crippen molar-refractivity contribution >= 4 is 28.6 Å². The number of fused-ring (bicyclic) bond motifs is 4. The van der Waals surface area contributed by atoms with Gasteiger partial charge < -0.3 is 9.90 Å². The first-order valence-electron chi connectivity index (χ1n) is 9.19. The fraction of sp³-hybridized carbons (Fsp3) is 0.0833. The second-order valence-electron chi connectivity index (χ2n) is 7.14. The van der Waals surface area contributed by atoms with Crippen molar-refractivity contribution in [1.82, 2.24) is 4.98 Å². The van der Waals surface area contributed by atoms with Crippen molar-refractivity contribution in [2.24, 2.45) is 0 Å². The number of aryl methyl sites for hydroxylation is 1. The summed E-state index contributed by atoms with van der Waals surface area (Å²) in [4.78, 5) is 17.1. The Kier molecular flexibility index (Phi) is 5.73. The van der Waals surface area contributed by atoms with E-state index in [2.05, 4.69) is 42.2 Å². The molecule has 1 aromatic heterocycles. The van der Waals surface area contributed by atoms with E-state index < -0.39 is 11.8 Å². The van der Waals surface area contributed by atoms with Crippen LogP contribution in [0.25, 0.3) is 33.3 Å². The van der Waals surface area contributed by atoms with Gasteiger partial charge in [0.15, 0.2) is 0 Å². The van der Waals surface area contributed by atoms with Crippen molar-refractivity contribution in [2.75, 3.05) is 0 Å². The van der Waals surface area contributed by atoms with Crippen LogP contribution in [-0.2, 0) is 5.75 Å². The first kappa shape index (κ1) is 21.1. The van der Waals surface area contributed by atoms with Crippen LogP contribution in [0.15, 0.2) is 65.6 Å². The Hall–Kier alpha value is -2.18. The number of thioether (sulfide) groups is 1. The van der Waals surface area contributed by atoms with Crippen molar-refractivity contribution < 1.29 is 43.8 Å². The minimum Gasteiger partial charge on any atom is -0.545 e. The van der Waals surface area contributed by atoms with Crippen molar-refractivity contribution in [1.29, 1.82) is 0 Å². The minimum absolute atomic E-state index is 0. The van der Waals surface area contributed by atoms with Crippen LogP contribution in [-0.4, -0.2) is 11.0 Å². The number of aromatic carboxylic acids is 1. The smallest absolute Gasteiger partial charge is 0.545 e. The monoisotopic (exact) mass is 423 g/mol. The maximum atomic E-state index is 13.7. The number of carboxylic acid groups (broad SMARTS) is 1. The van der Waals surface area contributed by atoms with Crippen molar-refractivity contribution in [3.8, 4) is 22.4 Å². The Balaban J connectivity index is 0.00000218. The first-order chi connectivity index (χ1) is 14.0. The second kappa shape index (κ2) is 8.16. The van der Waals surface area contributed by atoms with Gasteiger partial charge in [0.25, 0.3) is 0 Å². The van der Waals surface area contributed by atoms with Crippen molar-refractivity contribution in [3.05, 3.63) is 83.2 Å². The molecule has 0 unspecified atom stereocenters. The van der Waals surface area contributed by atoms with E-state index in [-0.39, 0.29) is 40.5 Å². The summed E-state index contributed by atoms with van der Waals surface area (Å²) in [5.41, 5.74) is 6.52. The molecule has 3 aromatic carbocycles. The number of nitrogens with zero attached hydrogens (tertiary/aromatic N) is 1. The number of carboxylic acids is 1. The molecular formula is C24H15FNNaO2S. The molecule has 3 nitrogen and oxygen atoms in total. The van der Waals surface area contributed by atoms with E-state index in [4.69, 9.17) is 0 Å². The molecule has 1 aliphatic rings. The van der Waals surface area contributed by atoms with Crippen LogP contribution < -0.4 is 34.7 Å². The Morgan fingerprint density at radius 1 is 1.03 bits per heavy atom. The van der Waals surface area contributed by atoms with E-state index in [1.54, 1.807) is 0 Å². The van der Waals surface area contributed by atoms with Crippen LogP contribution in [0.3, 0.4) is 0 Å². The fourth-order valence-electron chi connectivity index (χ4n) is 3.76.